The predicted molar refractivity (Wildman–Crippen MR) is 104 cm³/mol. The molecule has 2 fully saturated rings. The Hall–Kier alpha value is -1.97. The van der Waals surface area contributed by atoms with Gasteiger partial charge >= 0.3 is 6.18 Å². The lowest BCUT2D eigenvalue weighted by molar-refractivity contribution is -0.183. The van der Waals surface area contributed by atoms with Gasteiger partial charge in [-0.15, -0.1) is 0 Å². The van der Waals surface area contributed by atoms with Crippen molar-refractivity contribution < 1.29 is 31.5 Å². The summed E-state index contributed by atoms with van der Waals surface area (Å²) in [6, 6.07) is -1.74. The van der Waals surface area contributed by atoms with Crippen molar-refractivity contribution in [2.24, 2.45) is 5.92 Å². The highest BCUT2D eigenvalue weighted by Crippen LogP contribution is 2.33. The Labute approximate surface area is 178 Å². The summed E-state index contributed by atoms with van der Waals surface area (Å²) in [6.45, 7) is 1.84. The van der Waals surface area contributed by atoms with Gasteiger partial charge in [0.2, 0.25) is 11.8 Å². The summed E-state index contributed by atoms with van der Waals surface area (Å²) in [7, 11) is 0. The standard InChI is InChI=1S/C21H28F5N3O2/c1-14-9-15(11-16(22)10-14)19(31)27-13-20(23)4-7-28(8-5-20)12-18(30)29-6-2-3-17(29)21(24,25)26/h10-11,15,17H,2-9,12-13H2,1H3,(H,27,31). The Morgan fingerprint density at radius 2 is 1.90 bits per heavy atom. The molecule has 1 N–H and O–H groups in total. The first-order chi connectivity index (χ1) is 14.5. The van der Waals surface area contributed by atoms with Crippen LogP contribution in [0.25, 0.3) is 0 Å². The van der Waals surface area contributed by atoms with Crippen molar-refractivity contribution >= 4 is 11.8 Å². The average Bonchev–Trinajstić information content (AvgIpc) is 3.18. The number of nitrogens with zero attached hydrogens (tertiary/aromatic N) is 2. The molecule has 0 spiro atoms. The number of piperidine rings is 1. The fourth-order valence-electron chi connectivity index (χ4n) is 4.46. The van der Waals surface area contributed by atoms with E-state index in [1.165, 1.54) is 12.2 Å². The van der Waals surface area contributed by atoms with Gasteiger partial charge in [0, 0.05) is 19.6 Å². The number of carbonyl (C=O) groups excluding carboxylic acids is 2. The molecule has 3 rings (SSSR count). The molecule has 0 aromatic heterocycles. The third-order valence-electron chi connectivity index (χ3n) is 6.26. The second-order valence-corrected chi connectivity index (χ2v) is 8.78. The second-order valence-electron chi connectivity index (χ2n) is 8.78. The number of likely N-dealkylation sites (tertiary alicyclic amines) is 2. The third kappa shape index (κ3) is 6.05. The summed E-state index contributed by atoms with van der Waals surface area (Å²) >= 11 is 0. The molecule has 0 bridgehead atoms. The van der Waals surface area contributed by atoms with Gasteiger partial charge in [-0.25, -0.2) is 8.78 Å². The van der Waals surface area contributed by atoms with Crippen molar-refractivity contribution in [3.05, 3.63) is 23.6 Å². The van der Waals surface area contributed by atoms with E-state index >= 15 is 4.39 Å². The molecule has 1 aliphatic carbocycles. The average molecular weight is 449 g/mol. The molecule has 0 aromatic carbocycles. The van der Waals surface area contributed by atoms with Crippen molar-refractivity contribution in [2.45, 2.75) is 56.9 Å². The number of alkyl halides is 4. The predicted octanol–water partition coefficient (Wildman–Crippen LogP) is 3.28. The Morgan fingerprint density at radius 1 is 1.23 bits per heavy atom. The van der Waals surface area contributed by atoms with Crippen LogP contribution in [0.1, 0.15) is 39.0 Å². The summed E-state index contributed by atoms with van der Waals surface area (Å²) in [5.41, 5.74) is -0.932. The Morgan fingerprint density at radius 3 is 2.52 bits per heavy atom. The zero-order valence-corrected chi connectivity index (χ0v) is 17.5. The van der Waals surface area contributed by atoms with Crippen LogP contribution in [0.15, 0.2) is 23.6 Å². The minimum absolute atomic E-state index is 0.0526. The van der Waals surface area contributed by atoms with Crippen LogP contribution in [0.3, 0.4) is 0 Å². The van der Waals surface area contributed by atoms with Crippen LogP contribution in [0, 0.1) is 5.92 Å². The molecule has 2 aliphatic heterocycles. The fraction of sp³-hybridized carbons (Fsp3) is 0.714. The Bertz CT molecular complexity index is 757. The zero-order chi connectivity index (χ0) is 22.8. The maximum absolute atomic E-state index is 15.1. The molecule has 0 aromatic rings. The first-order valence-corrected chi connectivity index (χ1v) is 10.6. The topological polar surface area (TPSA) is 52.7 Å². The molecular formula is C21H28F5N3O2. The summed E-state index contributed by atoms with van der Waals surface area (Å²) in [4.78, 5) is 27.2. The van der Waals surface area contributed by atoms with Gasteiger partial charge < -0.3 is 10.2 Å². The minimum Gasteiger partial charge on any atom is -0.352 e. The normalized spacial score (nSPS) is 27.0. The lowest BCUT2D eigenvalue weighted by Crippen LogP contribution is -2.52. The van der Waals surface area contributed by atoms with E-state index in [4.69, 9.17) is 0 Å². The number of nitrogens with one attached hydrogen (secondary N) is 1. The lowest BCUT2D eigenvalue weighted by Gasteiger charge is -2.37. The molecule has 3 aliphatic rings. The van der Waals surface area contributed by atoms with E-state index in [2.05, 4.69) is 5.32 Å². The maximum atomic E-state index is 15.1. The smallest absolute Gasteiger partial charge is 0.352 e. The summed E-state index contributed by atoms with van der Waals surface area (Å²) in [5, 5.41) is 2.56. The molecule has 31 heavy (non-hydrogen) atoms. The van der Waals surface area contributed by atoms with Crippen LogP contribution in [0.5, 0.6) is 0 Å². The first kappa shape index (κ1) is 23.7. The van der Waals surface area contributed by atoms with Gasteiger partial charge in [0.1, 0.15) is 17.5 Å². The molecule has 10 heteroatoms. The van der Waals surface area contributed by atoms with E-state index < -0.39 is 41.4 Å². The molecular weight excluding hydrogens is 421 g/mol. The number of halogens is 5. The highest BCUT2D eigenvalue weighted by molar-refractivity contribution is 5.81. The van der Waals surface area contributed by atoms with Crippen molar-refractivity contribution in [3.63, 3.8) is 0 Å². The third-order valence-corrected chi connectivity index (χ3v) is 6.26. The molecule has 2 saturated heterocycles. The van der Waals surface area contributed by atoms with E-state index in [1.807, 2.05) is 0 Å². The molecule has 2 heterocycles. The highest BCUT2D eigenvalue weighted by Gasteiger charge is 2.48. The van der Waals surface area contributed by atoms with Gasteiger partial charge in [-0.3, -0.25) is 14.5 Å². The molecule has 174 valence electrons. The number of amides is 2. The van der Waals surface area contributed by atoms with E-state index in [1.54, 1.807) is 11.8 Å². The summed E-state index contributed by atoms with van der Waals surface area (Å²) < 4.78 is 67.8. The quantitative estimate of drug-likeness (QED) is 0.656. The van der Waals surface area contributed by atoms with Gasteiger partial charge in [0.15, 0.2) is 0 Å². The van der Waals surface area contributed by atoms with Gasteiger partial charge in [-0.1, -0.05) is 5.57 Å². The van der Waals surface area contributed by atoms with Gasteiger partial charge in [-0.2, -0.15) is 13.2 Å². The van der Waals surface area contributed by atoms with E-state index in [0.717, 1.165) is 10.5 Å². The SMILES string of the molecule is CC1=CC(F)=CC(C(=O)NCC2(F)CCN(CC(=O)N3CCCC3C(F)(F)F)CC2)C1. The van der Waals surface area contributed by atoms with Crippen molar-refractivity contribution in [1.29, 1.82) is 0 Å². The Kier molecular flexibility index (Phi) is 7.08. The van der Waals surface area contributed by atoms with E-state index in [9.17, 15) is 27.2 Å². The molecule has 2 unspecified atom stereocenters. The number of rotatable bonds is 5. The largest absolute Gasteiger partial charge is 0.408 e. The van der Waals surface area contributed by atoms with E-state index in [0.29, 0.717) is 12.8 Å². The molecule has 0 saturated carbocycles. The molecule has 0 radical (unpaired) electrons. The van der Waals surface area contributed by atoms with Crippen LogP contribution in [-0.2, 0) is 9.59 Å². The zero-order valence-electron chi connectivity index (χ0n) is 17.5. The van der Waals surface area contributed by atoms with Crippen LogP contribution < -0.4 is 5.32 Å². The molecule has 5 nitrogen and oxygen atoms in total. The van der Waals surface area contributed by atoms with Gasteiger partial charge in [0.05, 0.1) is 19.0 Å². The lowest BCUT2D eigenvalue weighted by atomic mass is 9.91. The Balaban J connectivity index is 1.45. The van der Waals surface area contributed by atoms with Crippen LogP contribution in [-0.4, -0.2) is 72.2 Å². The monoisotopic (exact) mass is 449 g/mol. The number of allylic oxidation sites excluding steroid dienone is 3. The first-order valence-electron chi connectivity index (χ1n) is 10.6. The highest BCUT2D eigenvalue weighted by atomic mass is 19.4. The van der Waals surface area contributed by atoms with Crippen molar-refractivity contribution in [2.75, 3.05) is 32.7 Å². The fourth-order valence-corrected chi connectivity index (χ4v) is 4.46. The van der Waals surface area contributed by atoms with Crippen LogP contribution in [0.4, 0.5) is 22.0 Å². The minimum atomic E-state index is -4.44. The van der Waals surface area contributed by atoms with Crippen molar-refractivity contribution in [1.82, 2.24) is 15.1 Å². The van der Waals surface area contributed by atoms with Crippen molar-refractivity contribution in [3.8, 4) is 0 Å². The van der Waals surface area contributed by atoms with E-state index in [-0.39, 0.29) is 52.0 Å². The van der Waals surface area contributed by atoms with Gasteiger partial charge in [-0.05, 0) is 51.2 Å². The molecule has 2 amide bonds. The van der Waals surface area contributed by atoms with Crippen LogP contribution in [0.2, 0.25) is 0 Å². The van der Waals surface area contributed by atoms with Gasteiger partial charge in [0.25, 0.3) is 0 Å². The number of hydrogen-bond acceptors (Lipinski definition) is 3. The molecule has 2 atom stereocenters. The number of hydrogen-bond donors (Lipinski definition) is 1. The number of carbonyl (C=O) groups is 2. The summed E-state index contributed by atoms with van der Waals surface area (Å²) in [6.07, 6.45) is -1.15. The second kappa shape index (κ2) is 9.26. The maximum Gasteiger partial charge on any atom is 0.408 e. The van der Waals surface area contributed by atoms with Crippen LogP contribution >= 0.6 is 0 Å². The summed E-state index contributed by atoms with van der Waals surface area (Å²) in [5.74, 6) is -2.19.